The molecule has 0 spiro atoms. The molecule has 0 saturated carbocycles. The minimum Gasteiger partial charge on any atom is -0.497 e. The van der Waals surface area contributed by atoms with Crippen LogP contribution in [0.3, 0.4) is 0 Å². The lowest BCUT2D eigenvalue weighted by Crippen LogP contribution is -2.50. The van der Waals surface area contributed by atoms with Gasteiger partial charge < -0.3 is 24.8 Å². The summed E-state index contributed by atoms with van der Waals surface area (Å²) in [6.45, 7) is 5.95. The second-order valence-electron chi connectivity index (χ2n) is 7.77. The topological polar surface area (TPSA) is 85.9 Å². The predicted molar refractivity (Wildman–Crippen MR) is 114 cm³/mol. The van der Waals surface area contributed by atoms with E-state index in [2.05, 4.69) is 10.6 Å². The van der Waals surface area contributed by atoms with Crippen LogP contribution in [-0.2, 0) is 27.4 Å². The summed E-state index contributed by atoms with van der Waals surface area (Å²) in [7, 11) is 1.60. The van der Waals surface area contributed by atoms with Gasteiger partial charge in [0.2, 0.25) is 5.91 Å². The summed E-state index contributed by atoms with van der Waals surface area (Å²) < 4.78 is 16.1. The Morgan fingerprint density at radius 2 is 1.63 bits per heavy atom. The molecule has 1 atom stereocenters. The van der Waals surface area contributed by atoms with Crippen molar-refractivity contribution in [3.05, 3.63) is 65.7 Å². The summed E-state index contributed by atoms with van der Waals surface area (Å²) in [5.74, 6) is 0.383. The van der Waals surface area contributed by atoms with Crippen LogP contribution in [0.15, 0.2) is 54.6 Å². The summed E-state index contributed by atoms with van der Waals surface area (Å²) in [5, 5.41) is 5.42. The monoisotopic (exact) mass is 414 g/mol. The normalized spacial score (nSPS) is 12.0. The van der Waals surface area contributed by atoms with E-state index in [0.29, 0.717) is 13.2 Å². The third-order valence-electron chi connectivity index (χ3n) is 4.03. The molecule has 7 nitrogen and oxygen atoms in total. The molecule has 0 saturated heterocycles. The Hall–Kier alpha value is -3.06. The molecule has 7 heteroatoms. The molecule has 0 bridgehead atoms. The van der Waals surface area contributed by atoms with Gasteiger partial charge in [0, 0.05) is 6.54 Å². The molecule has 0 heterocycles. The molecule has 2 N–H and O–H groups in total. The molecule has 0 aliphatic carbocycles. The maximum absolute atomic E-state index is 12.7. The van der Waals surface area contributed by atoms with Crippen LogP contribution in [0.1, 0.15) is 31.9 Å². The number of hydrogen-bond donors (Lipinski definition) is 2. The highest BCUT2D eigenvalue weighted by atomic mass is 16.6. The minimum atomic E-state index is -0.887. The van der Waals surface area contributed by atoms with Crippen LogP contribution in [-0.4, -0.2) is 37.4 Å². The van der Waals surface area contributed by atoms with Crippen LogP contribution in [0, 0.1) is 0 Å². The summed E-state index contributed by atoms with van der Waals surface area (Å²) in [6.07, 6.45) is -0.671. The van der Waals surface area contributed by atoms with E-state index in [-0.39, 0.29) is 12.5 Å². The molecule has 2 aromatic rings. The van der Waals surface area contributed by atoms with Gasteiger partial charge in [0.25, 0.3) is 0 Å². The predicted octanol–water partition coefficient (Wildman–Crippen LogP) is 3.42. The molecule has 2 aromatic carbocycles. The van der Waals surface area contributed by atoms with Gasteiger partial charge in [-0.25, -0.2) is 4.79 Å². The van der Waals surface area contributed by atoms with Crippen molar-refractivity contribution in [2.75, 3.05) is 13.7 Å². The van der Waals surface area contributed by atoms with Crippen LogP contribution in [0.5, 0.6) is 5.75 Å². The van der Waals surface area contributed by atoms with E-state index in [4.69, 9.17) is 14.2 Å². The molecule has 0 aliphatic rings. The third kappa shape index (κ3) is 8.53. The van der Waals surface area contributed by atoms with Crippen molar-refractivity contribution in [3.8, 4) is 5.75 Å². The number of nitrogens with one attached hydrogen (secondary N) is 2. The van der Waals surface area contributed by atoms with Gasteiger partial charge in [-0.05, 0) is 44.0 Å². The van der Waals surface area contributed by atoms with E-state index in [1.54, 1.807) is 27.9 Å². The van der Waals surface area contributed by atoms with Crippen molar-refractivity contribution in [2.24, 2.45) is 0 Å². The lowest BCUT2D eigenvalue weighted by molar-refractivity contribution is -0.125. The second kappa shape index (κ2) is 11.2. The summed E-state index contributed by atoms with van der Waals surface area (Å²) in [6, 6.07) is 16.1. The Morgan fingerprint density at radius 1 is 0.967 bits per heavy atom. The lowest BCUT2D eigenvalue weighted by Gasteiger charge is -2.23. The second-order valence-corrected chi connectivity index (χ2v) is 7.77. The number of carbonyl (C=O) groups is 2. The summed E-state index contributed by atoms with van der Waals surface area (Å²) >= 11 is 0. The average molecular weight is 415 g/mol. The third-order valence-corrected chi connectivity index (χ3v) is 4.03. The molecule has 0 unspecified atom stereocenters. The van der Waals surface area contributed by atoms with Gasteiger partial charge in [-0.15, -0.1) is 0 Å². The van der Waals surface area contributed by atoms with Gasteiger partial charge in [0.1, 0.15) is 17.4 Å². The van der Waals surface area contributed by atoms with Gasteiger partial charge in [-0.1, -0.05) is 42.5 Å². The summed E-state index contributed by atoms with van der Waals surface area (Å²) in [5.41, 5.74) is 1.22. The molecular formula is C23H30N2O5. The van der Waals surface area contributed by atoms with Crippen molar-refractivity contribution in [1.29, 1.82) is 0 Å². The van der Waals surface area contributed by atoms with E-state index < -0.39 is 17.7 Å². The smallest absolute Gasteiger partial charge is 0.408 e. The van der Waals surface area contributed by atoms with Gasteiger partial charge in [0.05, 0.1) is 20.3 Å². The van der Waals surface area contributed by atoms with E-state index in [0.717, 1.165) is 16.9 Å². The molecule has 0 fully saturated rings. The number of hydrogen-bond acceptors (Lipinski definition) is 5. The fraction of sp³-hybridized carbons (Fsp3) is 0.391. The van der Waals surface area contributed by atoms with E-state index >= 15 is 0 Å². The number of amides is 2. The molecule has 30 heavy (non-hydrogen) atoms. The molecule has 0 radical (unpaired) electrons. The van der Waals surface area contributed by atoms with Crippen molar-refractivity contribution in [2.45, 2.75) is 45.6 Å². The minimum absolute atomic E-state index is 0.0165. The zero-order chi connectivity index (χ0) is 22.0. The van der Waals surface area contributed by atoms with Gasteiger partial charge in [0.15, 0.2) is 0 Å². The summed E-state index contributed by atoms with van der Waals surface area (Å²) in [4.78, 5) is 24.9. The Morgan fingerprint density at radius 3 is 2.23 bits per heavy atom. The Kier molecular flexibility index (Phi) is 8.68. The van der Waals surface area contributed by atoms with Gasteiger partial charge in [-0.3, -0.25) is 4.79 Å². The van der Waals surface area contributed by atoms with Crippen molar-refractivity contribution < 1.29 is 23.8 Å². The first-order chi connectivity index (χ1) is 14.3. The van der Waals surface area contributed by atoms with Crippen LogP contribution >= 0.6 is 0 Å². The van der Waals surface area contributed by atoms with E-state index in [1.807, 2.05) is 54.6 Å². The lowest BCUT2D eigenvalue weighted by atomic mass is 10.2. The molecule has 162 valence electrons. The zero-order valence-corrected chi connectivity index (χ0v) is 17.9. The first kappa shape index (κ1) is 23.2. The molecule has 2 rings (SSSR count). The number of ether oxygens (including phenoxy) is 3. The number of alkyl carbamates (subject to hydrolysis) is 1. The first-order valence-corrected chi connectivity index (χ1v) is 9.78. The van der Waals surface area contributed by atoms with Crippen molar-refractivity contribution in [3.63, 3.8) is 0 Å². The van der Waals surface area contributed by atoms with Gasteiger partial charge >= 0.3 is 6.09 Å². The maximum atomic E-state index is 12.7. The van der Waals surface area contributed by atoms with Crippen molar-refractivity contribution >= 4 is 12.0 Å². The van der Waals surface area contributed by atoms with Crippen LogP contribution in [0.25, 0.3) is 0 Å². The Labute approximate surface area is 177 Å². The zero-order valence-electron chi connectivity index (χ0n) is 17.9. The largest absolute Gasteiger partial charge is 0.497 e. The maximum Gasteiger partial charge on any atom is 0.408 e. The Balaban J connectivity index is 1.94. The first-order valence-electron chi connectivity index (χ1n) is 9.78. The quantitative estimate of drug-likeness (QED) is 0.657. The SMILES string of the molecule is COc1ccc(CNC(=O)[C@H](COCc2ccccc2)NC(=O)OC(C)(C)C)cc1. The number of rotatable bonds is 9. The van der Waals surface area contributed by atoms with Crippen LogP contribution in [0.4, 0.5) is 4.79 Å². The molecule has 0 aromatic heterocycles. The van der Waals surface area contributed by atoms with E-state index in [1.165, 1.54) is 0 Å². The average Bonchev–Trinajstić information content (AvgIpc) is 2.71. The van der Waals surface area contributed by atoms with Crippen molar-refractivity contribution in [1.82, 2.24) is 10.6 Å². The van der Waals surface area contributed by atoms with Crippen LogP contribution in [0.2, 0.25) is 0 Å². The number of benzene rings is 2. The Bertz CT molecular complexity index is 801. The standard InChI is InChI=1S/C23H30N2O5/c1-23(2,3)30-22(27)25-20(16-29-15-18-8-6-5-7-9-18)21(26)24-14-17-10-12-19(28-4)13-11-17/h5-13,20H,14-16H2,1-4H3,(H,24,26)(H,25,27)/t20-/m0/s1. The highest BCUT2D eigenvalue weighted by molar-refractivity contribution is 5.85. The van der Waals surface area contributed by atoms with Gasteiger partial charge in [-0.2, -0.15) is 0 Å². The van der Waals surface area contributed by atoms with E-state index in [9.17, 15) is 9.59 Å². The molecule has 0 aliphatic heterocycles. The fourth-order valence-corrected chi connectivity index (χ4v) is 2.56. The molecular weight excluding hydrogens is 384 g/mol. The highest BCUT2D eigenvalue weighted by Crippen LogP contribution is 2.11. The van der Waals surface area contributed by atoms with Crippen LogP contribution < -0.4 is 15.4 Å². The number of carbonyl (C=O) groups excluding carboxylic acids is 2. The fourth-order valence-electron chi connectivity index (χ4n) is 2.56. The number of methoxy groups -OCH3 is 1. The molecule has 2 amide bonds. The highest BCUT2D eigenvalue weighted by Gasteiger charge is 2.24.